The summed E-state index contributed by atoms with van der Waals surface area (Å²) in [6.45, 7) is 2.35. The second kappa shape index (κ2) is 5.18. The molecule has 3 unspecified atom stereocenters. The monoisotopic (exact) mass is 389 g/mol. The molecule has 2 fully saturated rings. The number of alkyl halides is 1. The highest BCUT2D eigenvalue weighted by molar-refractivity contribution is 9.09. The average Bonchev–Trinajstić information content (AvgIpc) is 3.09. The van der Waals surface area contributed by atoms with E-state index in [1.165, 1.54) is 12.8 Å². The van der Waals surface area contributed by atoms with Crippen molar-refractivity contribution in [1.82, 2.24) is 24.5 Å². The molecule has 5 atom stereocenters. The van der Waals surface area contributed by atoms with Gasteiger partial charge in [-0.05, 0) is 43.4 Å². The minimum Gasteiger partial charge on any atom is -0.341 e. The van der Waals surface area contributed by atoms with Gasteiger partial charge in [-0.3, -0.25) is 4.57 Å². The lowest BCUT2D eigenvalue weighted by Crippen LogP contribution is -2.43. The summed E-state index contributed by atoms with van der Waals surface area (Å²) >= 11 is 3.83. The third kappa shape index (κ3) is 2.03. The smallest absolute Gasteiger partial charge is 0.326 e. The van der Waals surface area contributed by atoms with Crippen molar-refractivity contribution in [3.8, 4) is 0 Å². The number of halogens is 1. The zero-order valence-corrected chi connectivity index (χ0v) is 15.1. The number of rotatable bonds is 1. The Morgan fingerprint density at radius 3 is 2.71 bits per heavy atom. The Balaban J connectivity index is 1.75. The van der Waals surface area contributed by atoms with Crippen molar-refractivity contribution in [3.05, 3.63) is 23.0 Å². The highest BCUT2D eigenvalue weighted by atomic mass is 79.9. The number of fused-ring (bicyclic) bond motifs is 5. The normalized spacial score (nSPS) is 33.3. The summed E-state index contributed by atoms with van der Waals surface area (Å²) in [4.78, 5) is 28.2. The van der Waals surface area contributed by atoms with Gasteiger partial charge >= 0.3 is 5.69 Å². The summed E-state index contributed by atoms with van der Waals surface area (Å²) in [7, 11) is 0. The Morgan fingerprint density at radius 2 is 1.96 bits per heavy atom. The van der Waals surface area contributed by atoms with Crippen LogP contribution in [0, 0.1) is 17.8 Å². The average molecular weight is 390 g/mol. The predicted molar refractivity (Wildman–Crippen MR) is 96.4 cm³/mol. The van der Waals surface area contributed by atoms with Crippen molar-refractivity contribution in [3.63, 3.8) is 0 Å². The molecule has 0 aromatic carbocycles. The second-order valence-corrected chi connectivity index (χ2v) is 8.87. The van der Waals surface area contributed by atoms with Crippen molar-refractivity contribution in [2.45, 2.75) is 43.5 Å². The van der Waals surface area contributed by atoms with Crippen LogP contribution in [0.1, 0.15) is 38.6 Å². The summed E-state index contributed by atoms with van der Waals surface area (Å²) in [6.07, 6.45) is 8.05. The van der Waals surface area contributed by atoms with Gasteiger partial charge in [-0.2, -0.15) is 0 Å². The fraction of sp³-hybridized carbons (Fsp3) is 0.588. The van der Waals surface area contributed by atoms with Crippen molar-refractivity contribution in [2.24, 2.45) is 17.8 Å². The zero-order chi connectivity index (χ0) is 16.4. The molecule has 6 nitrogen and oxygen atoms in total. The Labute approximate surface area is 147 Å². The molecule has 2 saturated carbocycles. The number of pyridine rings is 1. The Kier molecular flexibility index (Phi) is 3.17. The second-order valence-electron chi connectivity index (χ2n) is 7.58. The van der Waals surface area contributed by atoms with E-state index in [1.54, 1.807) is 12.5 Å². The molecular formula is C17H20BrN5O. The van der Waals surface area contributed by atoms with Crippen LogP contribution in [0.3, 0.4) is 0 Å². The van der Waals surface area contributed by atoms with E-state index in [9.17, 15) is 4.79 Å². The van der Waals surface area contributed by atoms with Gasteiger partial charge in [0.2, 0.25) is 0 Å². The van der Waals surface area contributed by atoms with Gasteiger partial charge < -0.3 is 9.97 Å². The highest BCUT2D eigenvalue weighted by Crippen LogP contribution is 2.51. The van der Waals surface area contributed by atoms with E-state index in [1.807, 2.05) is 4.57 Å². The molecule has 0 amide bonds. The first-order valence-electron chi connectivity index (χ1n) is 8.68. The summed E-state index contributed by atoms with van der Waals surface area (Å²) in [6, 6.07) is 0.269. The zero-order valence-electron chi connectivity index (χ0n) is 13.5. The molecule has 0 spiro atoms. The molecule has 2 aliphatic rings. The Hall–Kier alpha value is -1.63. The molecule has 0 aliphatic heterocycles. The molecule has 7 heteroatoms. The molecule has 5 rings (SSSR count). The van der Waals surface area contributed by atoms with Crippen molar-refractivity contribution < 1.29 is 0 Å². The van der Waals surface area contributed by atoms with Crippen LogP contribution in [0.15, 0.2) is 17.3 Å². The lowest BCUT2D eigenvalue weighted by atomic mass is 9.65. The van der Waals surface area contributed by atoms with E-state index in [4.69, 9.17) is 0 Å². The summed E-state index contributed by atoms with van der Waals surface area (Å²) in [5, 5.41) is 0. The number of imidazole rings is 2. The van der Waals surface area contributed by atoms with E-state index >= 15 is 0 Å². The van der Waals surface area contributed by atoms with E-state index in [-0.39, 0.29) is 11.7 Å². The largest absolute Gasteiger partial charge is 0.341 e. The number of H-pyrrole nitrogens is 2. The molecule has 0 radical (unpaired) electrons. The third-order valence-corrected chi connectivity index (χ3v) is 6.67. The van der Waals surface area contributed by atoms with Crippen molar-refractivity contribution in [2.75, 3.05) is 0 Å². The van der Waals surface area contributed by atoms with E-state index in [0.717, 1.165) is 35.3 Å². The lowest BCUT2D eigenvalue weighted by molar-refractivity contribution is 0.0743. The van der Waals surface area contributed by atoms with Crippen LogP contribution in [-0.4, -0.2) is 29.3 Å². The minimum absolute atomic E-state index is 0.0172. The fourth-order valence-corrected chi connectivity index (χ4v) is 6.18. The first-order chi connectivity index (χ1) is 11.6. The standard InChI is InChI=1S/C17H20BrN5O/c1-8-2-9-4-11(18)5-10(3-8)14(9)23-15-12(22-17(23)24)6-19-16-13(15)20-7-21-16/h6-11,14H,2-5H2,1H3,(H,22,24)(H,19,20,21)/t8?,9-,10+,11?,14?. The number of nitrogens with one attached hydrogen (secondary N) is 2. The van der Waals surface area contributed by atoms with Crippen LogP contribution < -0.4 is 5.69 Å². The van der Waals surface area contributed by atoms with Gasteiger partial charge in [-0.15, -0.1) is 0 Å². The van der Waals surface area contributed by atoms with Crippen LogP contribution in [0.2, 0.25) is 0 Å². The summed E-state index contributed by atoms with van der Waals surface area (Å²) in [5.74, 6) is 1.82. The molecule has 126 valence electrons. The van der Waals surface area contributed by atoms with Gasteiger partial charge in [0.1, 0.15) is 5.52 Å². The molecule has 3 aromatic rings. The molecule has 2 aliphatic carbocycles. The summed E-state index contributed by atoms with van der Waals surface area (Å²) < 4.78 is 2.01. The van der Waals surface area contributed by atoms with Crippen LogP contribution in [0.4, 0.5) is 0 Å². The number of nitrogens with zero attached hydrogens (tertiary/aromatic N) is 3. The number of hydrogen-bond acceptors (Lipinski definition) is 3. The number of aromatic amines is 2. The molecule has 3 heterocycles. The molecule has 2 bridgehead atoms. The lowest BCUT2D eigenvalue weighted by Gasteiger charge is -2.47. The van der Waals surface area contributed by atoms with Gasteiger partial charge in [0.05, 0.1) is 23.6 Å². The summed E-state index contributed by atoms with van der Waals surface area (Å²) in [5.41, 5.74) is 3.24. The molecule has 2 N–H and O–H groups in total. The maximum atomic E-state index is 12.8. The first kappa shape index (κ1) is 14.7. The number of hydrogen-bond donors (Lipinski definition) is 2. The van der Waals surface area contributed by atoms with E-state index in [0.29, 0.717) is 22.3 Å². The van der Waals surface area contributed by atoms with Crippen molar-refractivity contribution in [1.29, 1.82) is 0 Å². The Morgan fingerprint density at radius 1 is 1.21 bits per heavy atom. The van der Waals surface area contributed by atoms with Crippen LogP contribution in [0.5, 0.6) is 0 Å². The molecule has 0 saturated heterocycles. The topological polar surface area (TPSA) is 79.4 Å². The van der Waals surface area contributed by atoms with Gasteiger partial charge in [0, 0.05) is 10.9 Å². The van der Waals surface area contributed by atoms with Gasteiger partial charge in [0.25, 0.3) is 0 Å². The van der Waals surface area contributed by atoms with E-state index < -0.39 is 0 Å². The minimum atomic E-state index is -0.0172. The molecule has 3 aromatic heterocycles. The maximum absolute atomic E-state index is 12.8. The van der Waals surface area contributed by atoms with Crippen LogP contribution in [0.25, 0.3) is 22.2 Å². The number of aromatic nitrogens is 5. The van der Waals surface area contributed by atoms with Gasteiger partial charge in [-0.1, -0.05) is 22.9 Å². The van der Waals surface area contributed by atoms with Crippen molar-refractivity contribution >= 4 is 38.1 Å². The fourth-order valence-electron chi connectivity index (χ4n) is 5.22. The third-order valence-electron chi connectivity index (χ3n) is 5.92. The van der Waals surface area contributed by atoms with Gasteiger partial charge in [-0.25, -0.2) is 14.8 Å². The maximum Gasteiger partial charge on any atom is 0.326 e. The van der Waals surface area contributed by atoms with Gasteiger partial charge in [0.15, 0.2) is 5.65 Å². The molecular weight excluding hydrogens is 370 g/mol. The van der Waals surface area contributed by atoms with Crippen LogP contribution >= 0.6 is 15.9 Å². The predicted octanol–water partition coefficient (Wildman–Crippen LogP) is 3.36. The quantitative estimate of drug-likeness (QED) is 0.626. The van der Waals surface area contributed by atoms with E-state index in [2.05, 4.69) is 42.8 Å². The molecule has 24 heavy (non-hydrogen) atoms. The highest BCUT2D eigenvalue weighted by Gasteiger charge is 2.44. The SMILES string of the molecule is CC1C[C@@H]2CC(Br)C[C@H](C1)C2n1c(=O)[nH]c2cnc3nc[nH]c3c21. The first-order valence-corrected chi connectivity index (χ1v) is 9.59. The Bertz CT molecular complexity index is 942. The van der Waals surface area contributed by atoms with Crippen LogP contribution in [-0.2, 0) is 0 Å².